The first-order valence-corrected chi connectivity index (χ1v) is 5.89. The molecule has 1 unspecified atom stereocenters. The molecule has 6 heteroatoms. The highest BCUT2D eigenvalue weighted by Gasteiger charge is 2.15. The Bertz CT molecular complexity index is 489. The van der Waals surface area contributed by atoms with Gasteiger partial charge in [0.15, 0.2) is 0 Å². The van der Waals surface area contributed by atoms with E-state index in [1.54, 1.807) is 0 Å². The lowest BCUT2D eigenvalue weighted by Crippen LogP contribution is -2.31. The summed E-state index contributed by atoms with van der Waals surface area (Å²) < 4.78 is 13.5. The van der Waals surface area contributed by atoms with Gasteiger partial charge in [-0.1, -0.05) is 13.8 Å². The molecule has 0 aliphatic heterocycles. The topological polar surface area (TPSA) is 92.4 Å². The van der Waals surface area contributed by atoms with Gasteiger partial charge >= 0.3 is 5.97 Å². The van der Waals surface area contributed by atoms with Crippen molar-refractivity contribution in [2.24, 2.45) is 11.7 Å². The fourth-order valence-electron chi connectivity index (χ4n) is 1.41. The van der Waals surface area contributed by atoms with E-state index in [-0.39, 0.29) is 29.6 Å². The minimum Gasteiger partial charge on any atom is -0.478 e. The number of hydrogen-bond donors (Lipinski definition) is 3. The second-order valence-corrected chi connectivity index (χ2v) is 4.66. The largest absolute Gasteiger partial charge is 0.478 e. The van der Waals surface area contributed by atoms with Gasteiger partial charge in [0.2, 0.25) is 5.91 Å². The van der Waals surface area contributed by atoms with Crippen LogP contribution >= 0.6 is 0 Å². The van der Waals surface area contributed by atoms with Gasteiger partial charge in [0.05, 0.1) is 11.3 Å². The molecule has 4 N–H and O–H groups in total. The van der Waals surface area contributed by atoms with Gasteiger partial charge in [-0.05, 0) is 24.1 Å². The maximum atomic E-state index is 13.5. The molecule has 0 saturated carbocycles. The van der Waals surface area contributed by atoms with Crippen molar-refractivity contribution in [3.8, 4) is 0 Å². The summed E-state index contributed by atoms with van der Waals surface area (Å²) in [4.78, 5) is 22.4. The number of hydrogen-bond acceptors (Lipinski definition) is 3. The molecule has 0 bridgehead atoms. The van der Waals surface area contributed by atoms with Crippen LogP contribution in [0.5, 0.6) is 0 Å². The predicted octanol–water partition coefficient (Wildman–Crippen LogP) is 1.84. The van der Waals surface area contributed by atoms with Crippen LogP contribution in [0.2, 0.25) is 0 Å². The Kier molecular flexibility index (Phi) is 5.00. The number of aromatic carboxylic acids is 1. The minimum absolute atomic E-state index is 0.0500. The van der Waals surface area contributed by atoms with Crippen molar-refractivity contribution >= 4 is 17.6 Å². The molecule has 104 valence electrons. The first kappa shape index (κ1) is 15.1. The van der Waals surface area contributed by atoms with E-state index in [2.05, 4.69) is 5.32 Å². The Hall–Kier alpha value is -1.95. The van der Waals surface area contributed by atoms with E-state index >= 15 is 0 Å². The fraction of sp³-hybridized carbons (Fsp3) is 0.385. The van der Waals surface area contributed by atoms with Crippen molar-refractivity contribution in [1.29, 1.82) is 0 Å². The van der Waals surface area contributed by atoms with E-state index in [0.717, 1.165) is 18.2 Å². The van der Waals surface area contributed by atoms with Gasteiger partial charge in [0, 0.05) is 12.5 Å². The number of carbonyl (C=O) groups excluding carboxylic acids is 1. The summed E-state index contributed by atoms with van der Waals surface area (Å²) in [6.45, 7) is 3.76. The van der Waals surface area contributed by atoms with Crippen LogP contribution in [0.4, 0.5) is 10.1 Å². The van der Waals surface area contributed by atoms with E-state index in [1.807, 2.05) is 13.8 Å². The molecule has 0 fully saturated rings. The Morgan fingerprint density at radius 1 is 1.42 bits per heavy atom. The molecule has 0 radical (unpaired) electrons. The molecule has 19 heavy (non-hydrogen) atoms. The molecule has 0 saturated heterocycles. The van der Waals surface area contributed by atoms with Gasteiger partial charge in [-0.25, -0.2) is 9.18 Å². The normalized spacial score (nSPS) is 12.3. The lowest BCUT2D eigenvalue weighted by molar-refractivity contribution is -0.116. The first-order valence-electron chi connectivity index (χ1n) is 5.89. The van der Waals surface area contributed by atoms with Crippen LogP contribution in [-0.4, -0.2) is 23.0 Å². The van der Waals surface area contributed by atoms with Gasteiger partial charge in [-0.3, -0.25) is 4.79 Å². The van der Waals surface area contributed by atoms with Crippen LogP contribution in [0.3, 0.4) is 0 Å². The Morgan fingerprint density at radius 2 is 2.05 bits per heavy atom. The van der Waals surface area contributed by atoms with Crippen molar-refractivity contribution < 1.29 is 19.1 Å². The maximum Gasteiger partial charge on any atom is 0.335 e. The van der Waals surface area contributed by atoms with Crippen LogP contribution in [-0.2, 0) is 4.79 Å². The van der Waals surface area contributed by atoms with Gasteiger partial charge < -0.3 is 16.2 Å². The molecule has 1 aromatic carbocycles. The maximum absolute atomic E-state index is 13.5. The number of carboxylic acids is 1. The molecule has 5 nitrogen and oxygen atoms in total. The van der Waals surface area contributed by atoms with E-state index in [0.29, 0.717) is 0 Å². The third-order valence-electron chi connectivity index (χ3n) is 2.76. The van der Waals surface area contributed by atoms with Crippen LogP contribution in [0, 0.1) is 11.7 Å². The first-order chi connectivity index (χ1) is 8.81. The number of rotatable bonds is 5. The van der Waals surface area contributed by atoms with Crippen LogP contribution in [0.25, 0.3) is 0 Å². The Morgan fingerprint density at radius 3 is 2.58 bits per heavy atom. The van der Waals surface area contributed by atoms with Crippen LogP contribution < -0.4 is 11.1 Å². The Labute approximate surface area is 110 Å². The zero-order valence-electron chi connectivity index (χ0n) is 10.8. The monoisotopic (exact) mass is 268 g/mol. The summed E-state index contributed by atoms with van der Waals surface area (Å²) in [6, 6.07) is 2.89. The minimum atomic E-state index is -1.19. The van der Waals surface area contributed by atoms with E-state index in [9.17, 15) is 14.0 Å². The zero-order valence-corrected chi connectivity index (χ0v) is 10.8. The average Bonchev–Trinajstić information content (AvgIpc) is 2.31. The van der Waals surface area contributed by atoms with Crippen molar-refractivity contribution in [3.63, 3.8) is 0 Å². The number of nitrogens with two attached hydrogens (primary N) is 1. The summed E-state index contributed by atoms with van der Waals surface area (Å²) in [5.74, 6) is -2.19. The number of nitrogens with one attached hydrogen (secondary N) is 1. The molecule has 0 aliphatic carbocycles. The Balaban J connectivity index is 2.79. The fourth-order valence-corrected chi connectivity index (χ4v) is 1.41. The molecular formula is C13H17FN2O3. The smallest absolute Gasteiger partial charge is 0.335 e. The van der Waals surface area contributed by atoms with Crippen molar-refractivity contribution in [2.75, 3.05) is 5.32 Å². The van der Waals surface area contributed by atoms with E-state index in [4.69, 9.17) is 10.8 Å². The van der Waals surface area contributed by atoms with Gasteiger partial charge in [-0.15, -0.1) is 0 Å². The lowest BCUT2D eigenvalue weighted by Gasteiger charge is -2.15. The quantitative estimate of drug-likeness (QED) is 0.759. The highest BCUT2D eigenvalue weighted by atomic mass is 19.1. The highest BCUT2D eigenvalue weighted by Crippen LogP contribution is 2.17. The van der Waals surface area contributed by atoms with Crippen LogP contribution in [0.15, 0.2) is 18.2 Å². The van der Waals surface area contributed by atoms with Crippen LogP contribution in [0.1, 0.15) is 30.6 Å². The lowest BCUT2D eigenvalue weighted by atomic mass is 10.0. The molecule has 0 spiro atoms. The number of anilines is 1. The molecule has 0 aromatic heterocycles. The van der Waals surface area contributed by atoms with Gasteiger partial charge in [0.1, 0.15) is 5.82 Å². The molecule has 1 amide bonds. The zero-order chi connectivity index (χ0) is 14.6. The molecule has 0 heterocycles. The standard InChI is InChI=1S/C13H17FN2O3/c1-7(2)10(15)6-12(17)16-11-5-8(13(18)19)3-4-9(11)14/h3-5,7,10H,6,15H2,1-2H3,(H,16,17)(H,18,19). The number of benzene rings is 1. The van der Waals surface area contributed by atoms with Gasteiger partial charge in [-0.2, -0.15) is 0 Å². The number of carbonyl (C=O) groups is 2. The predicted molar refractivity (Wildman–Crippen MR) is 69.4 cm³/mol. The highest BCUT2D eigenvalue weighted by molar-refractivity contribution is 5.94. The molecule has 1 aromatic rings. The third kappa shape index (κ3) is 4.33. The third-order valence-corrected chi connectivity index (χ3v) is 2.76. The van der Waals surface area contributed by atoms with E-state index in [1.165, 1.54) is 0 Å². The SMILES string of the molecule is CC(C)C(N)CC(=O)Nc1cc(C(=O)O)ccc1F. The summed E-state index contributed by atoms with van der Waals surface area (Å²) in [7, 11) is 0. The molecule has 1 rings (SSSR count). The average molecular weight is 268 g/mol. The second kappa shape index (κ2) is 6.29. The van der Waals surface area contributed by atoms with Gasteiger partial charge in [0.25, 0.3) is 0 Å². The second-order valence-electron chi connectivity index (χ2n) is 4.66. The molecular weight excluding hydrogens is 251 g/mol. The summed E-state index contributed by atoms with van der Waals surface area (Å²) in [5.41, 5.74) is 5.49. The summed E-state index contributed by atoms with van der Waals surface area (Å²) >= 11 is 0. The number of amides is 1. The summed E-state index contributed by atoms with van der Waals surface area (Å²) in [6.07, 6.45) is 0.0500. The number of halogens is 1. The summed E-state index contributed by atoms with van der Waals surface area (Å²) in [5, 5.41) is 11.1. The van der Waals surface area contributed by atoms with E-state index < -0.39 is 17.7 Å². The number of carboxylic acid groups (broad SMARTS) is 1. The van der Waals surface area contributed by atoms with Crippen molar-refractivity contribution in [3.05, 3.63) is 29.6 Å². The van der Waals surface area contributed by atoms with Crippen molar-refractivity contribution in [1.82, 2.24) is 0 Å². The molecule has 0 aliphatic rings. The van der Waals surface area contributed by atoms with Crippen molar-refractivity contribution in [2.45, 2.75) is 26.3 Å². The molecule has 1 atom stereocenters.